The number of hydrogen-bond acceptors (Lipinski definition) is 2. The molecule has 0 saturated carbocycles. The van der Waals surface area contributed by atoms with Gasteiger partial charge >= 0.3 is 0 Å². The molecule has 86 valence electrons. The third-order valence-electron chi connectivity index (χ3n) is 1.87. The van der Waals surface area contributed by atoms with E-state index in [0.717, 1.165) is 17.7 Å². The van der Waals surface area contributed by atoms with Gasteiger partial charge in [0.05, 0.1) is 13.7 Å². The highest BCUT2D eigenvalue weighted by Crippen LogP contribution is 2.17. The van der Waals surface area contributed by atoms with Gasteiger partial charge in [0.2, 0.25) is 0 Å². The SMILES string of the molecule is COc1ccccc1COCCCCl.Cl. The van der Waals surface area contributed by atoms with Crippen LogP contribution in [0.3, 0.4) is 0 Å². The van der Waals surface area contributed by atoms with Crippen molar-refractivity contribution in [3.63, 3.8) is 0 Å². The van der Waals surface area contributed by atoms with Crippen molar-refractivity contribution in [2.75, 3.05) is 19.6 Å². The Morgan fingerprint density at radius 2 is 2.00 bits per heavy atom. The van der Waals surface area contributed by atoms with E-state index in [9.17, 15) is 0 Å². The minimum Gasteiger partial charge on any atom is -0.496 e. The van der Waals surface area contributed by atoms with Crippen molar-refractivity contribution in [2.45, 2.75) is 13.0 Å². The van der Waals surface area contributed by atoms with Gasteiger partial charge in [0.1, 0.15) is 5.75 Å². The van der Waals surface area contributed by atoms with Crippen molar-refractivity contribution in [2.24, 2.45) is 0 Å². The van der Waals surface area contributed by atoms with Gasteiger partial charge in [-0.25, -0.2) is 0 Å². The third-order valence-corrected chi connectivity index (χ3v) is 2.14. The van der Waals surface area contributed by atoms with Gasteiger partial charge < -0.3 is 9.47 Å². The van der Waals surface area contributed by atoms with E-state index in [-0.39, 0.29) is 12.4 Å². The Morgan fingerprint density at radius 1 is 1.27 bits per heavy atom. The van der Waals surface area contributed by atoms with E-state index in [4.69, 9.17) is 21.1 Å². The molecule has 0 amide bonds. The Hall–Kier alpha value is -0.440. The van der Waals surface area contributed by atoms with Gasteiger partial charge in [-0.2, -0.15) is 0 Å². The molecule has 0 aliphatic carbocycles. The van der Waals surface area contributed by atoms with Gasteiger partial charge in [-0.1, -0.05) is 18.2 Å². The first-order chi connectivity index (χ1) is 6.88. The number of halogens is 2. The van der Waals surface area contributed by atoms with Crippen molar-refractivity contribution in [3.8, 4) is 5.75 Å². The average Bonchev–Trinajstić information content (AvgIpc) is 2.25. The second kappa shape index (κ2) is 8.84. The van der Waals surface area contributed by atoms with Crippen LogP contribution in [-0.2, 0) is 11.3 Å². The van der Waals surface area contributed by atoms with E-state index in [2.05, 4.69) is 0 Å². The van der Waals surface area contributed by atoms with Crippen LogP contribution in [0.15, 0.2) is 24.3 Å². The van der Waals surface area contributed by atoms with Crippen molar-refractivity contribution in [3.05, 3.63) is 29.8 Å². The maximum atomic E-state index is 5.54. The Morgan fingerprint density at radius 3 is 2.67 bits per heavy atom. The van der Waals surface area contributed by atoms with E-state index >= 15 is 0 Å². The minimum atomic E-state index is 0. The fourth-order valence-corrected chi connectivity index (χ4v) is 1.27. The Kier molecular flexibility index (Phi) is 8.58. The molecule has 0 unspecified atom stereocenters. The van der Waals surface area contributed by atoms with Gasteiger partial charge in [-0.15, -0.1) is 24.0 Å². The second-order valence-electron chi connectivity index (χ2n) is 2.91. The predicted octanol–water partition coefficient (Wildman–Crippen LogP) is 3.26. The number of benzene rings is 1. The first-order valence-corrected chi connectivity index (χ1v) is 5.17. The van der Waals surface area contributed by atoms with Crippen LogP contribution in [0.1, 0.15) is 12.0 Å². The summed E-state index contributed by atoms with van der Waals surface area (Å²) in [5, 5.41) is 0. The molecule has 0 saturated heterocycles. The zero-order valence-electron chi connectivity index (χ0n) is 8.74. The molecule has 0 aliphatic heterocycles. The number of methoxy groups -OCH3 is 1. The number of ether oxygens (including phenoxy) is 2. The normalized spacial score (nSPS) is 9.47. The summed E-state index contributed by atoms with van der Waals surface area (Å²) < 4.78 is 10.6. The first kappa shape index (κ1) is 14.6. The van der Waals surface area contributed by atoms with Gasteiger partial charge in [-0.3, -0.25) is 0 Å². The Bertz CT molecular complexity index is 267. The molecule has 2 nitrogen and oxygen atoms in total. The molecule has 0 bridgehead atoms. The highest BCUT2D eigenvalue weighted by atomic mass is 35.5. The van der Waals surface area contributed by atoms with Crippen LogP contribution >= 0.6 is 24.0 Å². The van der Waals surface area contributed by atoms with Crippen LogP contribution in [0.25, 0.3) is 0 Å². The molecule has 0 atom stereocenters. The van der Waals surface area contributed by atoms with Gasteiger partial charge in [0.25, 0.3) is 0 Å². The molecule has 0 fully saturated rings. The lowest BCUT2D eigenvalue weighted by Gasteiger charge is -2.08. The largest absolute Gasteiger partial charge is 0.496 e. The number of hydrogen-bond donors (Lipinski definition) is 0. The third kappa shape index (κ3) is 5.26. The molecule has 0 N–H and O–H groups in total. The smallest absolute Gasteiger partial charge is 0.124 e. The zero-order chi connectivity index (χ0) is 10.2. The van der Waals surface area contributed by atoms with Gasteiger partial charge in [-0.05, 0) is 12.5 Å². The fraction of sp³-hybridized carbons (Fsp3) is 0.455. The molecule has 0 aromatic heterocycles. The maximum absolute atomic E-state index is 5.54. The summed E-state index contributed by atoms with van der Waals surface area (Å²) in [7, 11) is 1.66. The number of alkyl halides is 1. The van der Waals surface area contributed by atoms with Crippen molar-refractivity contribution < 1.29 is 9.47 Å². The molecular weight excluding hydrogens is 235 g/mol. The van der Waals surface area contributed by atoms with E-state index in [1.165, 1.54) is 0 Å². The summed E-state index contributed by atoms with van der Waals surface area (Å²) in [6, 6.07) is 7.85. The summed E-state index contributed by atoms with van der Waals surface area (Å²) in [6.45, 7) is 1.28. The van der Waals surface area contributed by atoms with E-state index < -0.39 is 0 Å². The van der Waals surface area contributed by atoms with Crippen LogP contribution in [0.4, 0.5) is 0 Å². The van der Waals surface area contributed by atoms with Crippen molar-refractivity contribution in [1.82, 2.24) is 0 Å². The predicted molar refractivity (Wildman–Crippen MR) is 65.2 cm³/mol. The standard InChI is InChI=1S/C11H15ClO2.ClH/c1-13-11-6-3-2-5-10(11)9-14-8-4-7-12;/h2-3,5-6H,4,7-9H2,1H3;1H. The lowest BCUT2D eigenvalue weighted by Crippen LogP contribution is -1.98. The summed E-state index contributed by atoms with van der Waals surface area (Å²) in [6.07, 6.45) is 0.886. The summed E-state index contributed by atoms with van der Waals surface area (Å²) in [5.74, 6) is 1.52. The van der Waals surface area contributed by atoms with Gasteiger partial charge in [0, 0.05) is 18.1 Å². The van der Waals surface area contributed by atoms with E-state index in [1.54, 1.807) is 7.11 Å². The highest BCUT2D eigenvalue weighted by Gasteiger charge is 2.00. The summed E-state index contributed by atoms with van der Waals surface area (Å²) in [4.78, 5) is 0. The fourth-order valence-electron chi connectivity index (χ4n) is 1.16. The monoisotopic (exact) mass is 250 g/mol. The molecule has 4 heteroatoms. The van der Waals surface area contributed by atoms with Crippen LogP contribution in [0.2, 0.25) is 0 Å². The molecule has 0 heterocycles. The first-order valence-electron chi connectivity index (χ1n) is 4.64. The Labute approximate surface area is 102 Å². The van der Waals surface area contributed by atoms with Crippen LogP contribution < -0.4 is 4.74 Å². The summed E-state index contributed by atoms with van der Waals surface area (Å²) in [5.41, 5.74) is 1.07. The molecule has 0 spiro atoms. The quantitative estimate of drug-likeness (QED) is 0.570. The van der Waals surface area contributed by atoms with Crippen molar-refractivity contribution in [1.29, 1.82) is 0 Å². The van der Waals surface area contributed by atoms with E-state index in [1.807, 2.05) is 24.3 Å². The van der Waals surface area contributed by atoms with Gasteiger partial charge in [0.15, 0.2) is 0 Å². The molecule has 1 aromatic carbocycles. The molecule has 1 rings (SSSR count). The lowest BCUT2D eigenvalue weighted by molar-refractivity contribution is 0.120. The molecule has 0 aliphatic rings. The molecule has 15 heavy (non-hydrogen) atoms. The molecule has 0 radical (unpaired) electrons. The summed E-state index contributed by atoms with van der Waals surface area (Å²) >= 11 is 5.54. The minimum absolute atomic E-state index is 0. The zero-order valence-corrected chi connectivity index (χ0v) is 10.3. The highest BCUT2D eigenvalue weighted by molar-refractivity contribution is 6.17. The second-order valence-corrected chi connectivity index (χ2v) is 3.28. The topological polar surface area (TPSA) is 18.5 Å². The molecular formula is C11H16Cl2O2. The maximum Gasteiger partial charge on any atom is 0.124 e. The van der Waals surface area contributed by atoms with Crippen LogP contribution in [0.5, 0.6) is 5.75 Å². The van der Waals surface area contributed by atoms with Crippen molar-refractivity contribution >= 4 is 24.0 Å². The van der Waals surface area contributed by atoms with E-state index in [0.29, 0.717) is 19.1 Å². The average molecular weight is 251 g/mol. The number of para-hydroxylation sites is 1. The van der Waals surface area contributed by atoms with Crippen LogP contribution in [0, 0.1) is 0 Å². The van der Waals surface area contributed by atoms with Crippen LogP contribution in [-0.4, -0.2) is 19.6 Å². The lowest BCUT2D eigenvalue weighted by atomic mass is 10.2. The Balaban J connectivity index is 0.00000196. The molecule has 1 aromatic rings. The number of rotatable bonds is 6.